The van der Waals surface area contributed by atoms with Gasteiger partial charge in [-0.05, 0) is 6.92 Å². The molecule has 0 aliphatic heterocycles. The largest absolute Gasteiger partial charge is 0.476 e. The summed E-state index contributed by atoms with van der Waals surface area (Å²) in [7, 11) is -4.48. The first-order chi connectivity index (χ1) is 8.60. The van der Waals surface area contributed by atoms with Gasteiger partial charge in [0.25, 0.3) is 5.92 Å². The van der Waals surface area contributed by atoms with Crippen molar-refractivity contribution in [2.75, 3.05) is 13.2 Å². The van der Waals surface area contributed by atoms with E-state index in [9.17, 15) is 22.0 Å². The van der Waals surface area contributed by atoms with Gasteiger partial charge in [-0.3, -0.25) is 5.10 Å². The van der Waals surface area contributed by atoms with Crippen LogP contribution in [0.2, 0.25) is 0 Å². The van der Waals surface area contributed by atoms with Crippen molar-refractivity contribution >= 4 is 16.0 Å². The van der Waals surface area contributed by atoms with Crippen LogP contribution in [-0.2, 0) is 10.0 Å². The monoisotopic (exact) mass is 299 g/mol. The molecular weight excluding hydrogens is 288 g/mol. The highest BCUT2D eigenvalue weighted by atomic mass is 32.2. The smallest absolute Gasteiger partial charge is 0.357 e. The van der Waals surface area contributed by atoms with Crippen molar-refractivity contribution in [3.05, 3.63) is 11.4 Å². The Kier molecular flexibility index (Phi) is 4.22. The average molecular weight is 299 g/mol. The van der Waals surface area contributed by atoms with Crippen LogP contribution in [0.15, 0.2) is 4.90 Å². The number of aromatic nitrogens is 2. The molecule has 0 radical (unpaired) electrons. The molecule has 0 aliphatic carbocycles. The van der Waals surface area contributed by atoms with Gasteiger partial charge < -0.3 is 10.2 Å². The van der Waals surface area contributed by atoms with E-state index in [1.54, 1.807) is 0 Å². The number of aliphatic hydroxyl groups excluding tert-OH is 1. The number of hydrogen-bond donors (Lipinski definition) is 4. The lowest BCUT2D eigenvalue weighted by molar-refractivity contribution is -0.0437. The summed E-state index contributed by atoms with van der Waals surface area (Å²) in [6, 6.07) is 0. The van der Waals surface area contributed by atoms with Crippen molar-refractivity contribution in [3.63, 3.8) is 0 Å². The topological polar surface area (TPSA) is 132 Å². The Morgan fingerprint density at radius 3 is 2.58 bits per heavy atom. The summed E-state index contributed by atoms with van der Waals surface area (Å²) < 4.78 is 50.6. The van der Waals surface area contributed by atoms with Crippen LogP contribution in [0.25, 0.3) is 0 Å². The Morgan fingerprint density at radius 1 is 1.53 bits per heavy atom. The minimum absolute atomic E-state index is 0.0998. The summed E-state index contributed by atoms with van der Waals surface area (Å²) in [5, 5.41) is 22.5. The molecule has 0 saturated carbocycles. The number of aliphatic hydroxyl groups is 1. The number of aryl methyl sites for hydroxylation is 1. The normalized spacial score (nSPS) is 12.6. The maximum atomic E-state index is 12.8. The van der Waals surface area contributed by atoms with Crippen molar-refractivity contribution in [3.8, 4) is 0 Å². The first-order valence-electron chi connectivity index (χ1n) is 4.87. The fourth-order valence-corrected chi connectivity index (χ4v) is 2.60. The fourth-order valence-electron chi connectivity index (χ4n) is 1.22. The second-order valence-corrected chi connectivity index (χ2v) is 5.37. The molecule has 1 heterocycles. The number of carboxylic acids is 1. The van der Waals surface area contributed by atoms with Gasteiger partial charge in [-0.15, -0.1) is 0 Å². The van der Waals surface area contributed by atoms with Gasteiger partial charge >= 0.3 is 5.97 Å². The zero-order chi connectivity index (χ0) is 14.8. The Balaban J connectivity index is 3.08. The molecule has 8 nitrogen and oxygen atoms in total. The highest BCUT2D eigenvalue weighted by molar-refractivity contribution is 7.89. The van der Waals surface area contributed by atoms with Crippen molar-refractivity contribution in [2.24, 2.45) is 0 Å². The molecule has 0 atom stereocenters. The van der Waals surface area contributed by atoms with Crippen LogP contribution in [-0.4, -0.2) is 53.9 Å². The molecule has 1 aromatic rings. The summed E-state index contributed by atoms with van der Waals surface area (Å²) in [5.74, 6) is -5.26. The lowest BCUT2D eigenvalue weighted by Crippen LogP contribution is -2.39. The van der Waals surface area contributed by atoms with Crippen LogP contribution in [0, 0.1) is 6.92 Å². The molecule has 1 aromatic heterocycles. The Morgan fingerprint density at radius 2 is 2.11 bits per heavy atom. The molecule has 11 heteroatoms. The third-order valence-electron chi connectivity index (χ3n) is 2.11. The van der Waals surface area contributed by atoms with Gasteiger partial charge in [0.15, 0.2) is 5.69 Å². The second-order valence-electron chi connectivity index (χ2n) is 3.67. The predicted molar refractivity (Wildman–Crippen MR) is 57.5 cm³/mol. The molecule has 0 fully saturated rings. The molecule has 1 rings (SSSR count). The molecule has 4 N–H and O–H groups in total. The number of rotatable bonds is 6. The number of alkyl halides is 2. The Bertz CT molecular complexity index is 583. The molecule has 0 amide bonds. The number of halogens is 2. The second kappa shape index (κ2) is 5.19. The molecule has 19 heavy (non-hydrogen) atoms. The molecule has 0 saturated heterocycles. The van der Waals surface area contributed by atoms with Crippen LogP contribution < -0.4 is 4.72 Å². The molecule has 0 aliphatic rings. The van der Waals surface area contributed by atoms with E-state index in [1.807, 2.05) is 0 Å². The van der Waals surface area contributed by atoms with Crippen LogP contribution >= 0.6 is 0 Å². The van der Waals surface area contributed by atoms with Crippen molar-refractivity contribution in [1.29, 1.82) is 0 Å². The van der Waals surface area contributed by atoms with E-state index < -0.39 is 45.7 Å². The number of carbonyl (C=O) groups is 1. The highest BCUT2D eigenvalue weighted by Crippen LogP contribution is 2.19. The lowest BCUT2D eigenvalue weighted by atomic mass is 10.4. The number of H-pyrrole nitrogens is 1. The third kappa shape index (κ3) is 3.45. The van der Waals surface area contributed by atoms with E-state index in [1.165, 1.54) is 11.6 Å². The molecule has 0 unspecified atom stereocenters. The minimum atomic E-state index is -4.48. The quantitative estimate of drug-likeness (QED) is 0.550. The summed E-state index contributed by atoms with van der Waals surface area (Å²) in [6.45, 7) is -1.65. The summed E-state index contributed by atoms with van der Waals surface area (Å²) in [5.41, 5.74) is -0.894. The van der Waals surface area contributed by atoms with E-state index in [0.29, 0.717) is 0 Å². The number of hydrogen-bond acceptors (Lipinski definition) is 5. The SMILES string of the molecule is Cc1[nH]nc(C(=O)O)c1S(=O)(=O)NCC(F)(F)CO. The Hall–Kier alpha value is -1.59. The molecule has 108 valence electrons. The van der Waals surface area contributed by atoms with E-state index in [0.717, 1.165) is 0 Å². The van der Waals surface area contributed by atoms with Crippen LogP contribution in [0.5, 0.6) is 0 Å². The molecule has 0 aromatic carbocycles. The van der Waals surface area contributed by atoms with Gasteiger partial charge in [-0.2, -0.15) is 5.10 Å². The lowest BCUT2D eigenvalue weighted by Gasteiger charge is -2.14. The van der Waals surface area contributed by atoms with E-state index in [2.05, 4.69) is 10.2 Å². The summed E-state index contributed by atoms with van der Waals surface area (Å²) in [6.07, 6.45) is 0. The van der Waals surface area contributed by atoms with E-state index in [-0.39, 0.29) is 5.69 Å². The Labute approximate surface area is 106 Å². The fraction of sp³-hybridized carbons (Fsp3) is 0.500. The van der Waals surface area contributed by atoms with Crippen molar-refractivity contribution in [2.45, 2.75) is 17.7 Å². The first kappa shape index (κ1) is 15.5. The van der Waals surface area contributed by atoms with Gasteiger partial charge in [-0.1, -0.05) is 0 Å². The number of nitrogens with zero attached hydrogens (tertiary/aromatic N) is 1. The van der Waals surface area contributed by atoms with Crippen LogP contribution in [0.1, 0.15) is 16.2 Å². The highest BCUT2D eigenvalue weighted by Gasteiger charge is 2.33. The summed E-state index contributed by atoms with van der Waals surface area (Å²) >= 11 is 0. The maximum Gasteiger partial charge on any atom is 0.357 e. The number of nitrogens with one attached hydrogen (secondary N) is 2. The molecular formula is C8H11F2N3O5S. The summed E-state index contributed by atoms with van der Waals surface area (Å²) in [4.78, 5) is 10.1. The standard InChI is InChI=1S/C8H11F2N3O5S/c1-4-6(5(7(15)16)13-12-4)19(17,18)11-2-8(9,10)3-14/h11,14H,2-3H2,1H3,(H,12,13)(H,15,16). The van der Waals surface area contributed by atoms with Crippen LogP contribution in [0.4, 0.5) is 8.78 Å². The van der Waals surface area contributed by atoms with Gasteiger partial charge in [0.05, 0.1) is 12.2 Å². The van der Waals surface area contributed by atoms with Gasteiger partial charge in [-0.25, -0.2) is 26.7 Å². The first-order valence-corrected chi connectivity index (χ1v) is 6.35. The minimum Gasteiger partial charge on any atom is -0.476 e. The molecule has 0 spiro atoms. The zero-order valence-electron chi connectivity index (χ0n) is 9.64. The third-order valence-corrected chi connectivity index (χ3v) is 3.68. The average Bonchev–Trinajstić information content (AvgIpc) is 2.70. The number of aromatic amines is 1. The van der Waals surface area contributed by atoms with Crippen molar-refractivity contribution in [1.82, 2.24) is 14.9 Å². The van der Waals surface area contributed by atoms with E-state index in [4.69, 9.17) is 10.2 Å². The number of aromatic carboxylic acids is 1. The van der Waals surface area contributed by atoms with Crippen LogP contribution in [0.3, 0.4) is 0 Å². The number of carboxylic acid groups (broad SMARTS) is 1. The van der Waals surface area contributed by atoms with E-state index >= 15 is 0 Å². The van der Waals surface area contributed by atoms with Gasteiger partial charge in [0, 0.05) is 0 Å². The number of sulfonamides is 1. The molecule has 0 bridgehead atoms. The zero-order valence-corrected chi connectivity index (χ0v) is 10.5. The van der Waals surface area contributed by atoms with Crippen molar-refractivity contribution < 1.29 is 32.2 Å². The maximum absolute atomic E-state index is 12.8. The predicted octanol–water partition coefficient (Wildman–Crippen LogP) is -0.678. The van der Waals surface area contributed by atoms with Gasteiger partial charge in [0.1, 0.15) is 11.5 Å². The van der Waals surface area contributed by atoms with Gasteiger partial charge in [0.2, 0.25) is 10.0 Å².